The van der Waals surface area contributed by atoms with Crippen LogP contribution in [0.3, 0.4) is 0 Å². The van der Waals surface area contributed by atoms with Crippen molar-refractivity contribution in [3.63, 3.8) is 0 Å². The molecule has 5 nitrogen and oxygen atoms in total. The predicted octanol–water partition coefficient (Wildman–Crippen LogP) is 18.5. The van der Waals surface area contributed by atoms with Crippen LogP contribution in [0.1, 0.15) is 272 Å². The summed E-state index contributed by atoms with van der Waals surface area (Å²) in [4.78, 5) is 0. The van der Waals surface area contributed by atoms with Gasteiger partial charge in [0.1, 0.15) is 0 Å². The third-order valence-electron chi connectivity index (χ3n) is 12.4. The van der Waals surface area contributed by atoms with Gasteiger partial charge in [-0.25, -0.2) is 9.65 Å². The lowest BCUT2D eigenvalue weighted by molar-refractivity contribution is -0.869. The van der Waals surface area contributed by atoms with E-state index in [2.05, 4.69) is 77.4 Å². The highest BCUT2D eigenvalue weighted by molar-refractivity contribution is 8.00. The third-order valence-corrected chi connectivity index (χ3v) is 17.0. The lowest BCUT2D eigenvalue weighted by atomic mass is 10.0. The Balaban J connectivity index is 4.44. The molecule has 368 valence electrons. The summed E-state index contributed by atoms with van der Waals surface area (Å²) >= 11 is 4.57. The van der Waals surface area contributed by atoms with E-state index < -0.39 is 7.75 Å². The molecule has 0 bridgehead atoms. The molecule has 1 N–H and O–H groups in total. The van der Waals surface area contributed by atoms with Crippen LogP contribution in [0, 0.1) is 0 Å². The molecule has 0 aromatic rings. The van der Waals surface area contributed by atoms with E-state index in [1.165, 1.54) is 230 Å². The van der Waals surface area contributed by atoms with Crippen molar-refractivity contribution in [2.24, 2.45) is 0 Å². The van der Waals surface area contributed by atoms with Crippen molar-refractivity contribution in [3.8, 4) is 0 Å². The topological polar surface area (TPSA) is 47.6 Å². The molecule has 0 saturated carbocycles. The second-order valence-corrected chi connectivity index (χ2v) is 24.5. The minimum atomic E-state index is -3.30. The summed E-state index contributed by atoms with van der Waals surface area (Å²) in [6.45, 7) is 11.8. The summed E-state index contributed by atoms with van der Waals surface area (Å²) in [5.74, 6) is 2.72. The van der Waals surface area contributed by atoms with Crippen LogP contribution in [0.2, 0.25) is 0 Å². The van der Waals surface area contributed by atoms with Crippen molar-refractivity contribution >= 4 is 31.3 Å². The second kappa shape index (κ2) is 47.3. The van der Waals surface area contributed by atoms with Gasteiger partial charge >= 0.3 is 7.75 Å². The molecule has 0 rings (SSSR count). The van der Waals surface area contributed by atoms with Crippen LogP contribution in [0.25, 0.3) is 0 Å². The first-order valence-electron chi connectivity index (χ1n) is 27.4. The van der Waals surface area contributed by atoms with Gasteiger partial charge in [-0.3, -0.25) is 9.05 Å². The highest BCUT2D eigenvalue weighted by Gasteiger charge is 2.25. The molecule has 0 saturated heterocycles. The van der Waals surface area contributed by atoms with Crippen LogP contribution in [0.4, 0.5) is 0 Å². The number of quaternary nitrogens is 1. The Hall–Kier alpha value is 0.770. The molecule has 0 heterocycles. The Morgan fingerprint density at radius 1 is 0.410 bits per heavy atom. The number of unbranched alkanes of at least 4 members (excludes halogenated alkanes) is 28. The standard InChI is InChI=1S/C53H112N2O3PS2/c1-8-12-16-20-22-28-34-42-52(60-50-40-18-14-10-3)44-36-30-24-26-32-38-48-57-59(56,54-46-47-55(5,6)7)58-49-39-33-27-25-31-37-45-53(61-51-41-19-15-11-4)43-35-29-23-21-17-13-9-2/h52-53H,8-51H2,1-7H3,(H,54,56)/q+1. The smallest absolute Gasteiger partial charge is 0.330 e. The molecule has 8 heteroatoms. The Kier molecular flexibility index (Phi) is 47.9. The summed E-state index contributed by atoms with van der Waals surface area (Å²) in [7, 11) is 3.21. The lowest BCUT2D eigenvalue weighted by Crippen LogP contribution is -2.40. The lowest BCUT2D eigenvalue weighted by Gasteiger charge is -2.25. The Morgan fingerprint density at radius 2 is 0.689 bits per heavy atom. The van der Waals surface area contributed by atoms with E-state index in [9.17, 15) is 4.57 Å². The van der Waals surface area contributed by atoms with Gasteiger partial charge in [-0.05, 0) is 62.9 Å². The van der Waals surface area contributed by atoms with Gasteiger partial charge in [-0.1, -0.05) is 220 Å². The molecule has 2 atom stereocenters. The van der Waals surface area contributed by atoms with E-state index in [1.54, 1.807) is 0 Å². The molecular formula is C53H112N2O3PS2+. The first-order valence-corrected chi connectivity index (χ1v) is 31.0. The minimum absolute atomic E-state index is 0.515. The molecule has 0 aliphatic rings. The van der Waals surface area contributed by atoms with Crippen LogP contribution in [0.5, 0.6) is 0 Å². The Bertz CT molecular complexity index is 849. The number of nitrogens with zero attached hydrogens (tertiary/aromatic N) is 1. The zero-order valence-electron chi connectivity index (χ0n) is 42.7. The quantitative estimate of drug-likeness (QED) is 0.0373. The molecule has 0 radical (unpaired) electrons. The van der Waals surface area contributed by atoms with Gasteiger partial charge in [0, 0.05) is 10.5 Å². The molecule has 0 aromatic carbocycles. The summed E-state index contributed by atoms with van der Waals surface area (Å²) in [5.41, 5.74) is 0. The van der Waals surface area contributed by atoms with Gasteiger partial charge in [0.2, 0.25) is 0 Å². The molecule has 0 amide bonds. The fraction of sp³-hybridized carbons (Fsp3) is 1.00. The molecule has 0 spiro atoms. The molecule has 61 heavy (non-hydrogen) atoms. The van der Waals surface area contributed by atoms with E-state index in [0.717, 1.165) is 47.2 Å². The first kappa shape index (κ1) is 61.8. The zero-order chi connectivity index (χ0) is 44.8. The fourth-order valence-corrected chi connectivity index (χ4v) is 12.3. The molecular weight excluding hydrogens is 808 g/mol. The van der Waals surface area contributed by atoms with Crippen molar-refractivity contribution < 1.29 is 18.1 Å². The zero-order valence-corrected chi connectivity index (χ0v) is 45.2. The van der Waals surface area contributed by atoms with Gasteiger partial charge in [-0.2, -0.15) is 23.5 Å². The number of thioether (sulfide) groups is 2. The summed E-state index contributed by atoms with van der Waals surface area (Å²) < 4.78 is 26.7. The van der Waals surface area contributed by atoms with Crippen molar-refractivity contribution in [3.05, 3.63) is 0 Å². The summed E-state index contributed by atoms with van der Waals surface area (Å²) in [6.07, 6.45) is 51.2. The number of likely N-dealkylation sites (N-methyl/N-ethyl adjacent to an activating group) is 1. The fourth-order valence-electron chi connectivity index (χ4n) is 8.22. The maximum Gasteiger partial charge on any atom is 0.405 e. The van der Waals surface area contributed by atoms with Crippen LogP contribution < -0.4 is 5.09 Å². The van der Waals surface area contributed by atoms with Gasteiger partial charge in [0.05, 0.1) is 47.4 Å². The van der Waals surface area contributed by atoms with E-state index in [4.69, 9.17) is 9.05 Å². The average molecular weight is 921 g/mol. The van der Waals surface area contributed by atoms with Gasteiger partial charge in [-0.15, -0.1) is 0 Å². The van der Waals surface area contributed by atoms with Crippen LogP contribution in [-0.4, -0.2) is 73.9 Å². The Morgan fingerprint density at radius 3 is 1.00 bits per heavy atom. The first-order chi connectivity index (χ1) is 29.7. The second-order valence-electron chi connectivity index (χ2n) is 19.8. The van der Waals surface area contributed by atoms with Crippen LogP contribution >= 0.6 is 31.3 Å². The molecule has 0 aliphatic heterocycles. The van der Waals surface area contributed by atoms with Gasteiger partial charge in [0.15, 0.2) is 0 Å². The molecule has 2 unspecified atom stereocenters. The number of hydrogen-bond donors (Lipinski definition) is 1. The van der Waals surface area contributed by atoms with Gasteiger partial charge in [0.25, 0.3) is 0 Å². The SMILES string of the molecule is CCCCCCCCCC(CCCCCCCCOP(=O)(NCC[N+](C)(C)C)OCCCCCCCCC(CCCCCCCCC)SCCCCCC)SCCCCCC. The number of hydrogen-bond acceptors (Lipinski definition) is 5. The molecule has 0 fully saturated rings. The van der Waals surface area contributed by atoms with E-state index in [-0.39, 0.29) is 0 Å². The van der Waals surface area contributed by atoms with Crippen molar-refractivity contribution in [2.75, 3.05) is 59.0 Å². The highest BCUT2D eigenvalue weighted by atomic mass is 32.2. The largest absolute Gasteiger partial charge is 0.405 e. The van der Waals surface area contributed by atoms with Crippen molar-refractivity contribution in [2.45, 2.75) is 282 Å². The summed E-state index contributed by atoms with van der Waals surface area (Å²) in [5, 5.41) is 4.94. The molecule has 0 aromatic heterocycles. The van der Waals surface area contributed by atoms with Crippen LogP contribution in [-0.2, 0) is 13.6 Å². The van der Waals surface area contributed by atoms with E-state index in [1.807, 2.05) is 0 Å². The van der Waals surface area contributed by atoms with E-state index in [0.29, 0.717) is 19.8 Å². The number of nitrogens with one attached hydrogen (secondary N) is 1. The van der Waals surface area contributed by atoms with Crippen molar-refractivity contribution in [1.82, 2.24) is 5.09 Å². The minimum Gasteiger partial charge on any atom is -0.330 e. The molecule has 0 aliphatic carbocycles. The number of rotatable bonds is 52. The average Bonchev–Trinajstić information content (AvgIpc) is 3.23. The van der Waals surface area contributed by atoms with Gasteiger partial charge < -0.3 is 4.48 Å². The highest BCUT2D eigenvalue weighted by Crippen LogP contribution is 2.44. The Labute approximate surface area is 393 Å². The predicted molar refractivity (Wildman–Crippen MR) is 281 cm³/mol. The summed E-state index contributed by atoms with van der Waals surface area (Å²) in [6, 6.07) is 0. The monoisotopic (exact) mass is 920 g/mol. The maximum absolute atomic E-state index is 13.8. The van der Waals surface area contributed by atoms with Crippen LogP contribution in [0.15, 0.2) is 0 Å². The third kappa shape index (κ3) is 47.1. The van der Waals surface area contributed by atoms with E-state index >= 15 is 0 Å². The normalized spacial score (nSPS) is 14.1. The van der Waals surface area contributed by atoms with Crippen molar-refractivity contribution in [1.29, 1.82) is 0 Å². The maximum atomic E-state index is 13.8.